The molecule has 1 saturated carbocycles. The van der Waals surface area contributed by atoms with Crippen LogP contribution in [0.1, 0.15) is 32.6 Å². The topological polar surface area (TPSA) is 50.4 Å². The molecule has 0 aromatic carbocycles. The van der Waals surface area contributed by atoms with Crippen molar-refractivity contribution in [2.45, 2.75) is 38.2 Å². The van der Waals surface area contributed by atoms with E-state index in [1.54, 1.807) is 0 Å². The van der Waals surface area contributed by atoms with Crippen LogP contribution in [0.2, 0.25) is 0 Å². The molecule has 0 aromatic rings. The molecule has 1 unspecified atom stereocenters. The van der Waals surface area contributed by atoms with Crippen LogP contribution in [0.15, 0.2) is 0 Å². The minimum absolute atomic E-state index is 0.0809. The number of hydrogen-bond donors (Lipinski definition) is 2. The molecule has 2 N–H and O–H groups in total. The van der Waals surface area contributed by atoms with E-state index in [9.17, 15) is 4.79 Å². The van der Waals surface area contributed by atoms with E-state index in [0.29, 0.717) is 13.1 Å². The Labute approximate surface area is 97.1 Å². The number of carbonyl (C=O) groups excluding carboxylic acids is 1. The van der Waals surface area contributed by atoms with E-state index < -0.39 is 0 Å². The standard InChI is InChI=1S/C12H22N2O2/c1-12(5-2-6-16-12)9-14-11(15)8-13-7-10-3-4-10/h10,13H,2-9H2,1H3,(H,14,15). The Morgan fingerprint density at radius 3 is 2.94 bits per heavy atom. The van der Waals surface area contributed by atoms with Crippen molar-refractivity contribution in [3.8, 4) is 0 Å². The van der Waals surface area contributed by atoms with Gasteiger partial charge in [0.05, 0.1) is 12.1 Å². The average Bonchev–Trinajstić information content (AvgIpc) is 2.98. The fourth-order valence-corrected chi connectivity index (χ4v) is 2.04. The third kappa shape index (κ3) is 3.76. The molecule has 0 spiro atoms. The van der Waals surface area contributed by atoms with E-state index in [1.807, 2.05) is 0 Å². The van der Waals surface area contributed by atoms with Crippen LogP contribution in [0.3, 0.4) is 0 Å². The second-order valence-electron chi connectivity index (χ2n) is 5.25. The molecule has 2 aliphatic rings. The lowest BCUT2D eigenvalue weighted by Crippen LogP contribution is -2.43. The van der Waals surface area contributed by atoms with Crippen LogP contribution < -0.4 is 10.6 Å². The summed E-state index contributed by atoms with van der Waals surface area (Å²) in [5.41, 5.74) is -0.133. The van der Waals surface area contributed by atoms with Gasteiger partial charge in [0.15, 0.2) is 0 Å². The first-order chi connectivity index (χ1) is 7.68. The maximum absolute atomic E-state index is 11.5. The summed E-state index contributed by atoms with van der Waals surface area (Å²) in [6.07, 6.45) is 4.79. The van der Waals surface area contributed by atoms with Crippen molar-refractivity contribution >= 4 is 5.91 Å². The van der Waals surface area contributed by atoms with Crippen LogP contribution >= 0.6 is 0 Å². The molecule has 1 heterocycles. The largest absolute Gasteiger partial charge is 0.373 e. The SMILES string of the molecule is CC1(CNC(=O)CNCC2CC2)CCCO1. The predicted molar refractivity (Wildman–Crippen MR) is 62.2 cm³/mol. The van der Waals surface area contributed by atoms with Gasteiger partial charge in [0.1, 0.15) is 0 Å². The van der Waals surface area contributed by atoms with Gasteiger partial charge in [0, 0.05) is 13.2 Å². The van der Waals surface area contributed by atoms with E-state index in [2.05, 4.69) is 17.6 Å². The Hall–Kier alpha value is -0.610. The Kier molecular flexibility index (Phi) is 3.82. The third-order valence-electron chi connectivity index (χ3n) is 3.38. The van der Waals surface area contributed by atoms with Gasteiger partial charge < -0.3 is 15.4 Å². The zero-order chi connectivity index (χ0) is 11.4. The highest BCUT2D eigenvalue weighted by molar-refractivity contribution is 5.78. The minimum atomic E-state index is -0.133. The van der Waals surface area contributed by atoms with Gasteiger partial charge in [-0.3, -0.25) is 4.79 Å². The maximum atomic E-state index is 11.5. The lowest BCUT2D eigenvalue weighted by Gasteiger charge is -2.23. The van der Waals surface area contributed by atoms with Gasteiger partial charge in [0.25, 0.3) is 0 Å². The van der Waals surface area contributed by atoms with Gasteiger partial charge >= 0.3 is 0 Å². The fourth-order valence-electron chi connectivity index (χ4n) is 2.04. The molecule has 2 fully saturated rings. The number of ether oxygens (including phenoxy) is 1. The van der Waals surface area contributed by atoms with E-state index in [-0.39, 0.29) is 11.5 Å². The van der Waals surface area contributed by atoms with Crippen molar-refractivity contribution in [1.82, 2.24) is 10.6 Å². The van der Waals surface area contributed by atoms with Crippen molar-refractivity contribution in [2.24, 2.45) is 5.92 Å². The van der Waals surface area contributed by atoms with Gasteiger partial charge in [-0.05, 0) is 45.1 Å². The second kappa shape index (κ2) is 5.15. The van der Waals surface area contributed by atoms with E-state index in [1.165, 1.54) is 12.8 Å². The van der Waals surface area contributed by atoms with Crippen molar-refractivity contribution in [2.75, 3.05) is 26.2 Å². The summed E-state index contributed by atoms with van der Waals surface area (Å²) in [5, 5.41) is 6.11. The molecule has 0 radical (unpaired) electrons. The molecule has 92 valence electrons. The molecule has 1 atom stereocenters. The summed E-state index contributed by atoms with van der Waals surface area (Å²) < 4.78 is 5.61. The molecule has 4 nitrogen and oxygen atoms in total. The first-order valence-corrected chi connectivity index (χ1v) is 6.29. The highest BCUT2D eigenvalue weighted by Gasteiger charge is 2.29. The normalized spacial score (nSPS) is 29.3. The molecule has 1 aliphatic carbocycles. The predicted octanol–water partition coefficient (Wildman–Crippen LogP) is 0.671. The van der Waals surface area contributed by atoms with Gasteiger partial charge in [0.2, 0.25) is 5.91 Å². The summed E-state index contributed by atoms with van der Waals surface area (Å²) in [5.74, 6) is 0.904. The molecule has 2 rings (SSSR count). The quantitative estimate of drug-likeness (QED) is 0.700. The molecule has 0 aromatic heterocycles. The summed E-state index contributed by atoms with van der Waals surface area (Å²) in [6, 6.07) is 0. The molecule has 1 aliphatic heterocycles. The first kappa shape index (κ1) is 11.9. The smallest absolute Gasteiger partial charge is 0.234 e. The van der Waals surface area contributed by atoms with Crippen molar-refractivity contribution in [3.63, 3.8) is 0 Å². The second-order valence-corrected chi connectivity index (χ2v) is 5.25. The molecule has 1 amide bonds. The first-order valence-electron chi connectivity index (χ1n) is 6.29. The van der Waals surface area contributed by atoms with Gasteiger partial charge in [-0.15, -0.1) is 0 Å². The van der Waals surface area contributed by atoms with Crippen molar-refractivity contribution in [1.29, 1.82) is 0 Å². The lowest BCUT2D eigenvalue weighted by molar-refractivity contribution is -0.121. The summed E-state index contributed by atoms with van der Waals surface area (Å²) >= 11 is 0. The summed E-state index contributed by atoms with van der Waals surface area (Å²) in [6.45, 7) is 4.95. The molecule has 0 bridgehead atoms. The Morgan fingerprint density at radius 1 is 1.50 bits per heavy atom. The van der Waals surface area contributed by atoms with E-state index in [0.717, 1.165) is 31.9 Å². The van der Waals surface area contributed by atoms with Crippen molar-refractivity contribution in [3.05, 3.63) is 0 Å². The molecule has 4 heteroatoms. The lowest BCUT2D eigenvalue weighted by atomic mass is 10.0. The van der Waals surface area contributed by atoms with Gasteiger partial charge in [-0.1, -0.05) is 0 Å². The number of amides is 1. The number of carbonyl (C=O) groups is 1. The van der Waals surface area contributed by atoms with Crippen LogP contribution in [0.5, 0.6) is 0 Å². The van der Waals surface area contributed by atoms with Crippen LogP contribution in [0.25, 0.3) is 0 Å². The van der Waals surface area contributed by atoms with Gasteiger partial charge in [-0.25, -0.2) is 0 Å². The zero-order valence-electron chi connectivity index (χ0n) is 10.1. The minimum Gasteiger partial charge on any atom is -0.373 e. The van der Waals surface area contributed by atoms with Crippen molar-refractivity contribution < 1.29 is 9.53 Å². The number of rotatable bonds is 6. The summed E-state index contributed by atoms with van der Waals surface area (Å²) in [4.78, 5) is 11.5. The van der Waals surface area contributed by atoms with Crippen LogP contribution in [-0.2, 0) is 9.53 Å². The molecular weight excluding hydrogens is 204 g/mol. The Bertz CT molecular complexity index is 245. The zero-order valence-corrected chi connectivity index (χ0v) is 10.1. The third-order valence-corrected chi connectivity index (χ3v) is 3.38. The van der Waals surface area contributed by atoms with Gasteiger partial charge in [-0.2, -0.15) is 0 Å². The highest BCUT2D eigenvalue weighted by Crippen LogP contribution is 2.27. The van der Waals surface area contributed by atoms with E-state index in [4.69, 9.17) is 4.74 Å². The maximum Gasteiger partial charge on any atom is 0.234 e. The molecule has 1 saturated heterocycles. The summed E-state index contributed by atoms with van der Waals surface area (Å²) in [7, 11) is 0. The highest BCUT2D eigenvalue weighted by atomic mass is 16.5. The van der Waals surface area contributed by atoms with E-state index >= 15 is 0 Å². The van der Waals surface area contributed by atoms with Crippen LogP contribution in [0, 0.1) is 5.92 Å². The van der Waals surface area contributed by atoms with Crippen LogP contribution in [-0.4, -0.2) is 37.7 Å². The number of nitrogens with one attached hydrogen (secondary N) is 2. The average molecular weight is 226 g/mol. The number of hydrogen-bond acceptors (Lipinski definition) is 3. The fraction of sp³-hybridized carbons (Fsp3) is 0.917. The Morgan fingerprint density at radius 2 is 2.31 bits per heavy atom. The van der Waals surface area contributed by atoms with Crippen LogP contribution in [0.4, 0.5) is 0 Å². The Balaban J connectivity index is 1.55. The molecular formula is C12H22N2O2. The monoisotopic (exact) mass is 226 g/mol. The molecule has 16 heavy (non-hydrogen) atoms.